The van der Waals surface area contributed by atoms with Crippen molar-refractivity contribution in [1.29, 1.82) is 0 Å². The molecule has 0 unspecified atom stereocenters. The van der Waals surface area contributed by atoms with Crippen molar-refractivity contribution < 1.29 is 0 Å². The Morgan fingerprint density at radius 3 is 1.47 bits per heavy atom. The highest BCUT2D eigenvalue weighted by atomic mass is 35.5. The molecule has 0 bridgehead atoms. The van der Waals surface area contributed by atoms with Gasteiger partial charge in [0.05, 0.1) is 10.0 Å². The van der Waals surface area contributed by atoms with E-state index in [1.807, 2.05) is 12.1 Å². The summed E-state index contributed by atoms with van der Waals surface area (Å²) in [5.74, 6) is 0. The molecular formula is C13H20Cl2. The predicted molar refractivity (Wildman–Crippen MR) is 70.9 cm³/mol. The van der Waals surface area contributed by atoms with Gasteiger partial charge in [-0.15, -0.1) is 0 Å². The Balaban J connectivity index is 0.000000265. The lowest BCUT2D eigenvalue weighted by molar-refractivity contribution is 0.656. The van der Waals surface area contributed by atoms with Crippen LogP contribution in [0.2, 0.25) is 10.0 Å². The van der Waals surface area contributed by atoms with Crippen LogP contribution in [-0.4, -0.2) is 0 Å². The summed E-state index contributed by atoms with van der Waals surface area (Å²) in [5, 5.41) is 1.21. The van der Waals surface area contributed by atoms with Crippen molar-refractivity contribution in [2.75, 3.05) is 0 Å². The number of unbranched alkanes of at least 4 members (excludes halogenated alkanes) is 4. The maximum Gasteiger partial charge on any atom is 0.0592 e. The van der Waals surface area contributed by atoms with Crippen molar-refractivity contribution >= 4 is 23.2 Å². The zero-order valence-corrected chi connectivity index (χ0v) is 11.1. The highest BCUT2D eigenvalue weighted by molar-refractivity contribution is 6.41. The second kappa shape index (κ2) is 10.3. The maximum atomic E-state index is 5.58. The Morgan fingerprint density at radius 2 is 1.20 bits per heavy atom. The molecule has 2 heteroatoms. The molecule has 1 aromatic rings. The van der Waals surface area contributed by atoms with Crippen LogP contribution >= 0.6 is 23.2 Å². The van der Waals surface area contributed by atoms with Crippen LogP contribution in [0.15, 0.2) is 24.3 Å². The van der Waals surface area contributed by atoms with E-state index in [0.717, 1.165) is 0 Å². The van der Waals surface area contributed by atoms with E-state index in [1.54, 1.807) is 12.1 Å². The molecule has 0 aliphatic heterocycles. The number of halogens is 2. The third-order valence-electron chi connectivity index (χ3n) is 2.03. The van der Waals surface area contributed by atoms with Gasteiger partial charge in [0.15, 0.2) is 0 Å². The fraction of sp³-hybridized carbons (Fsp3) is 0.538. The molecule has 0 heterocycles. The molecule has 0 atom stereocenters. The van der Waals surface area contributed by atoms with Crippen molar-refractivity contribution in [3.63, 3.8) is 0 Å². The summed E-state index contributed by atoms with van der Waals surface area (Å²) in [7, 11) is 0. The molecule has 86 valence electrons. The predicted octanol–water partition coefficient (Wildman–Crippen LogP) is 5.97. The minimum absolute atomic E-state index is 0.606. The summed E-state index contributed by atoms with van der Waals surface area (Å²) in [5.41, 5.74) is 0. The van der Waals surface area contributed by atoms with Crippen LogP contribution in [0, 0.1) is 0 Å². The quantitative estimate of drug-likeness (QED) is 0.575. The van der Waals surface area contributed by atoms with Gasteiger partial charge in [-0.05, 0) is 12.1 Å². The molecule has 0 aromatic heterocycles. The Bertz CT molecular complexity index is 221. The third kappa shape index (κ3) is 8.77. The van der Waals surface area contributed by atoms with Gasteiger partial charge < -0.3 is 0 Å². The van der Waals surface area contributed by atoms with Crippen LogP contribution in [0.5, 0.6) is 0 Å². The van der Waals surface area contributed by atoms with Crippen molar-refractivity contribution in [3.8, 4) is 0 Å². The fourth-order valence-corrected chi connectivity index (χ4v) is 1.39. The van der Waals surface area contributed by atoms with Gasteiger partial charge in [-0.25, -0.2) is 0 Å². The number of rotatable bonds is 4. The molecule has 0 radical (unpaired) electrons. The van der Waals surface area contributed by atoms with Crippen LogP contribution in [-0.2, 0) is 0 Å². The van der Waals surface area contributed by atoms with E-state index >= 15 is 0 Å². The molecule has 0 amide bonds. The van der Waals surface area contributed by atoms with Crippen molar-refractivity contribution in [2.45, 2.75) is 46.0 Å². The maximum absolute atomic E-state index is 5.58. The summed E-state index contributed by atoms with van der Waals surface area (Å²) >= 11 is 11.2. The summed E-state index contributed by atoms with van der Waals surface area (Å²) in [6.45, 7) is 4.49. The molecular weight excluding hydrogens is 227 g/mol. The van der Waals surface area contributed by atoms with E-state index < -0.39 is 0 Å². The Labute approximate surface area is 104 Å². The van der Waals surface area contributed by atoms with Gasteiger partial charge in [0, 0.05) is 0 Å². The fourth-order valence-electron chi connectivity index (χ4n) is 1.12. The molecule has 0 nitrogen and oxygen atoms in total. The van der Waals surface area contributed by atoms with Gasteiger partial charge in [0.25, 0.3) is 0 Å². The molecule has 0 spiro atoms. The number of hydrogen-bond acceptors (Lipinski definition) is 0. The highest BCUT2D eigenvalue weighted by Crippen LogP contribution is 2.19. The standard InChI is InChI=1S/C7H16.C6H4Cl2/c1-3-5-7-6-4-2;7-5-3-1-2-4-6(5)8/h3-7H2,1-2H3;1-4H. The molecule has 0 saturated carbocycles. The summed E-state index contributed by atoms with van der Waals surface area (Å²) in [6, 6.07) is 7.19. The number of benzene rings is 1. The second-order valence-electron chi connectivity index (χ2n) is 3.47. The minimum atomic E-state index is 0.606. The molecule has 0 fully saturated rings. The lowest BCUT2D eigenvalue weighted by Crippen LogP contribution is -1.70. The van der Waals surface area contributed by atoms with Gasteiger partial charge in [-0.2, -0.15) is 0 Å². The largest absolute Gasteiger partial charge is 0.0827 e. The normalized spacial score (nSPS) is 9.33. The summed E-state index contributed by atoms with van der Waals surface area (Å²) in [4.78, 5) is 0. The monoisotopic (exact) mass is 246 g/mol. The first kappa shape index (κ1) is 14.8. The van der Waals surface area contributed by atoms with Crippen LogP contribution in [0.25, 0.3) is 0 Å². The first-order valence-corrected chi connectivity index (χ1v) is 6.38. The van der Waals surface area contributed by atoms with Crippen LogP contribution in [0.1, 0.15) is 46.0 Å². The molecule has 0 aliphatic rings. The summed E-state index contributed by atoms with van der Waals surface area (Å²) < 4.78 is 0. The van der Waals surface area contributed by atoms with E-state index in [4.69, 9.17) is 23.2 Å². The van der Waals surface area contributed by atoms with Crippen molar-refractivity contribution in [1.82, 2.24) is 0 Å². The lowest BCUT2D eigenvalue weighted by Gasteiger charge is -1.90. The lowest BCUT2D eigenvalue weighted by atomic mass is 10.2. The number of hydrogen-bond donors (Lipinski definition) is 0. The average molecular weight is 247 g/mol. The van der Waals surface area contributed by atoms with E-state index in [1.165, 1.54) is 32.1 Å². The average Bonchev–Trinajstić information content (AvgIpc) is 2.24. The van der Waals surface area contributed by atoms with Crippen LogP contribution < -0.4 is 0 Å². The molecule has 15 heavy (non-hydrogen) atoms. The van der Waals surface area contributed by atoms with E-state index in [-0.39, 0.29) is 0 Å². The third-order valence-corrected chi connectivity index (χ3v) is 2.79. The molecule has 0 saturated heterocycles. The Morgan fingerprint density at radius 1 is 0.800 bits per heavy atom. The van der Waals surface area contributed by atoms with Crippen molar-refractivity contribution in [2.24, 2.45) is 0 Å². The Hall–Kier alpha value is -0.200. The molecule has 1 aromatic carbocycles. The first-order valence-electron chi connectivity index (χ1n) is 5.62. The van der Waals surface area contributed by atoms with Gasteiger partial charge in [-0.3, -0.25) is 0 Å². The highest BCUT2D eigenvalue weighted by Gasteiger charge is 1.89. The van der Waals surface area contributed by atoms with Gasteiger partial charge in [0.1, 0.15) is 0 Å². The topological polar surface area (TPSA) is 0 Å². The first-order chi connectivity index (χ1) is 7.22. The second-order valence-corrected chi connectivity index (χ2v) is 4.29. The SMILES string of the molecule is CCCCCCC.Clc1ccccc1Cl. The molecule has 0 aliphatic carbocycles. The van der Waals surface area contributed by atoms with E-state index in [0.29, 0.717) is 10.0 Å². The van der Waals surface area contributed by atoms with Gasteiger partial charge in [0.2, 0.25) is 0 Å². The minimum Gasteiger partial charge on any atom is -0.0827 e. The van der Waals surface area contributed by atoms with E-state index in [2.05, 4.69) is 13.8 Å². The van der Waals surface area contributed by atoms with Crippen LogP contribution in [0.3, 0.4) is 0 Å². The zero-order valence-electron chi connectivity index (χ0n) is 9.60. The smallest absolute Gasteiger partial charge is 0.0592 e. The van der Waals surface area contributed by atoms with Crippen molar-refractivity contribution in [3.05, 3.63) is 34.3 Å². The van der Waals surface area contributed by atoms with Gasteiger partial charge in [-0.1, -0.05) is 81.3 Å². The zero-order chi connectivity index (χ0) is 11.5. The van der Waals surface area contributed by atoms with E-state index in [9.17, 15) is 0 Å². The summed E-state index contributed by atoms with van der Waals surface area (Å²) in [6.07, 6.45) is 7.01. The Kier molecular flexibility index (Phi) is 10.2. The molecule has 0 N–H and O–H groups in total. The van der Waals surface area contributed by atoms with Crippen LogP contribution in [0.4, 0.5) is 0 Å². The van der Waals surface area contributed by atoms with Gasteiger partial charge >= 0.3 is 0 Å². The molecule has 1 rings (SSSR count).